The molecule has 0 aliphatic carbocycles. The summed E-state index contributed by atoms with van der Waals surface area (Å²) < 4.78 is 0.515. The molecule has 0 radical (unpaired) electrons. The number of hydrogen-bond donors (Lipinski definition) is 1. The van der Waals surface area contributed by atoms with Crippen LogP contribution in [0.1, 0.15) is 10.4 Å². The molecule has 0 bridgehead atoms. The van der Waals surface area contributed by atoms with Crippen LogP contribution in [-0.4, -0.2) is 10.8 Å². The summed E-state index contributed by atoms with van der Waals surface area (Å²) in [6.07, 6.45) is 0. The van der Waals surface area contributed by atoms with E-state index in [1.807, 2.05) is 0 Å². The molecule has 0 fully saturated rings. The highest BCUT2D eigenvalue weighted by atomic mass is 79.9. The molecule has 0 unspecified atom stereocenters. The van der Waals surface area contributed by atoms with Crippen molar-refractivity contribution in [2.24, 2.45) is 0 Å². The van der Waals surface area contributed by atoms with Crippen molar-refractivity contribution < 1.29 is 9.72 Å². The quantitative estimate of drug-likeness (QED) is 0.660. The number of nitrogens with zero attached hydrogens (tertiary/aromatic N) is 1. The Bertz CT molecular complexity index is 691. The van der Waals surface area contributed by atoms with Gasteiger partial charge in [0.25, 0.3) is 11.6 Å². The number of nitrogens with one attached hydrogen (secondary N) is 1. The SMILES string of the molecule is O=C(Nc1ccccc1[N+](=O)[O-])c1ccc(Cl)cc1Br. The number of benzene rings is 2. The van der Waals surface area contributed by atoms with Crippen LogP contribution in [0.5, 0.6) is 0 Å². The summed E-state index contributed by atoms with van der Waals surface area (Å²) in [4.78, 5) is 22.4. The lowest BCUT2D eigenvalue weighted by Crippen LogP contribution is -2.13. The molecule has 1 N–H and O–H groups in total. The van der Waals surface area contributed by atoms with E-state index < -0.39 is 10.8 Å². The summed E-state index contributed by atoms with van der Waals surface area (Å²) in [5, 5.41) is 13.9. The molecule has 0 saturated carbocycles. The van der Waals surface area contributed by atoms with E-state index in [0.717, 1.165) is 0 Å². The van der Waals surface area contributed by atoms with Gasteiger partial charge in [-0.25, -0.2) is 0 Å². The van der Waals surface area contributed by atoms with Crippen molar-refractivity contribution in [2.75, 3.05) is 5.32 Å². The predicted molar refractivity (Wildman–Crippen MR) is 80.2 cm³/mol. The van der Waals surface area contributed by atoms with Crippen LogP contribution in [0, 0.1) is 10.1 Å². The van der Waals surface area contributed by atoms with Crippen molar-refractivity contribution >= 4 is 44.8 Å². The van der Waals surface area contributed by atoms with Crippen molar-refractivity contribution in [3.8, 4) is 0 Å². The maximum absolute atomic E-state index is 12.1. The number of halogens is 2. The van der Waals surface area contributed by atoms with E-state index in [0.29, 0.717) is 15.1 Å². The largest absolute Gasteiger partial charge is 0.316 e. The van der Waals surface area contributed by atoms with Crippen LogP contribution in [0.25, 0.3) is 0 Å². The highest BCUT2D eigenvalue weighted by Gasteiger charge is 2.17. The summed E-state index contributed by atoms with van der Waals surface area (Å²) in [5.41, 5.74) is 0.322. The first kappa shape index (κ1) is 14.5. The van der Waals surface area contributed by atoms with E-state index in [4.69, 9.17) is 11.6 Å². The smallest absolute Gasteiger partial charge is 0.292 e. The summed E-state index contributed by atoms with van der Waals surface area (Å²) in [6.45, 7) is 0. The number of amides is 1. The second-order valence-corrected chi connectivity index (χ2v) is 5.14. The minimum Gasteiger partial charge on any atom is -0.316 e. The maximum atomic E-state index is 12.1. The van der Waals surface area contributed by atoms with Gasteiger partial charge in [-0.1, -0.05) is 23.7 Å². The van der Waals surface area contributed by atoms with Crippen LogP contribution in [0.4, 0.5) is 11.4 Å². The number of nitro groups is 1. The van der Waals surface area contributed by atoms with Gasteiger partial charge >= 0.3 is 0 Å². The second kappa shape index (κ2) is 6.02. The maximum Gasteiger partial charge on any atom is 0.292 e. The van der Waals surface area contributed by atoms with Crippen LogP contribution in [0.15, 0.2) is 46.9 Å². The molecule has 2 aromatic rings. The lowest BCUT2D eigenvalue weighted by Gasteiger charge is -2.07. The Morgan fingerprint density at radius 2 is 1.95 bits per heavy atom. The molecular formula is C13H8BrClN2O3. The monoisotopic (exact) mass is 354 g/mol. The van der Waals surface area contributed by atoms with Crippen LogP contribution in [0.2, 0.25) is 5.02 Å². The van der Waals surface area contributed by atoms with Crippen molar-refractivity contribution in [3.63, 3.8) is 0 Å². The molecule has 0 heterocycles. The first-order chi connectivity index (χ1) is 9.49. The zero-order chi connectivity index (χ0) is 14.7. The fourth-order valence-electron chi connectivity index (χ4n) is 1.60. The van der Waals surface area contributed by atoms with Gasteiger partial charge < -0.3 is 5.32 Å². The van der Waals surface area contributed by atoms with E-state index in [1.54, 1.807) is 18.2 Å². The van der Waals surface area contributed by atoms with Crippen LogP contribution < -0.4 is 5.32 Å². The highest BCUT2D eigenvalue weighted by molar-refractivity contribution is 9.10. The van der Waals surface area contributed by atoms with Crippen molar-refractivity contribution in [1.82, 2.24) is 0 Å². The first-order valence-corrected chi connectivity index (χ1v) is 6.66. The van der Waals surface area contributed by atoms with Gasteiger partial charge in [-0.15, -0.1) is 0 Å². The summed E-state index contributed by atoms with van der Waals surface area (Å²) in [5.74, 6) is -0.456. The van der Waals surface area contributed by atoms with E-state index in [1.165, 1.54) is 24.3 Å². The van der Waals surface area contributed by atoms with Crippen molar-refractivity contribution in [2.45, 2.75) is 0 Å². The van der Waals surface area contributed by atoms with Gasteiger partial charge in [0.1, 0.15) is 5.69 Å². The topological polar surface area (TPSA) is 72.2 Å². The van der Waals surface area contributed by atoms with Crippen molar-refractivity contribution in [1.29, 1.82) is 0 Å². The minimum atomic E-state index is -0.549. The number of carbonyl (C=O) groups is 1. The third-order valence-electron chi connectivity index (χ3n) is 2.52. The zero-order valence-electron chi connectivity index (χ0n) is 9.97. The molecule has 0 aromatic heterocycles. The van der Waals surface area contributed by atoms with E-state index in [9.17, 15) is 14.9 Å². The van der Waals surface area contributed by atoms with Gasteiger partial charge in [-0.3, -0.25) is 14.9 Å². The third kappa shape index (κ3) is 3.15. The molecule has 0 atom stereocenters. The Kier molecular flexibility index (Phi) is 4.36. The van der Waals surface area contributed by atoms with Gasteiger partial charge in [0.2, 0.25) is 0 Å². The molecule has 5 nitrogen and oxygen atoms in total. The number of nitro benzene ring substituents is 1. The van der Waals surface area contributed by atoms with E-state index in [2.05, 4.69) is 21.2 Å². The summed E-state index contributed by atoms with van der Waals surface area (Å²) in [7, 11) is 0. The van der Waals surface area contributed by atoms with E-state index >= 15 is 0 Å². The lowest BCUT2D eigenvalue weighted by atomic mass is 10.2. The average Bonchev–Trinajstić information content (AvgIpc) is 2.38. The number of anilines is 1. The normalized spacial score (nSPS) is 10.1. The number of para-hydroxylation sites is 2. The molecular weight excluding hydrogens is 348 g/mol. The van der Waals surface area contributed by atoms with Crippen LogP contribution >= 0.6 is 27.5 Å². The zero-order valence-corrected chi connectivity index (χ0v) is 12.3. The molecule has 0 aliphatic rings. The molecule has 0 aliphatic heterocycles. The fraction of sp³-hybridized carbons (Fsp3) is 0. The average molecular weight is 356 g/mol. The number of hydrogen-bond acceptors (Lipinski definition) is 3. The summed E-state index contributed by atoms with van der Waals surface area (Å²) in [6, 6.07) is 10.6. The van der Waals surface area contributed by atoms with Gasteiger partial charge in [-0.2, -0.15) is 0 Å². The molecule has 2 aromatic carbocycles. The van der Waals surface area contributed by atoms with Gasteiger partial charge in [0.05, 0.1) is 10.5 Å². The second-order valence-electron chi connectivity index (χ2n) is 3.85. The standard InChI is InChI=1S/C13H8BrClN2O3/c14-10-7-8(15)5-6-9(10)13(18)16-11-3-1-2-4-12(11)17(19)20/h1-7H,(H,16,18). The third-order valence-corrected chi connectivity index (χ3v) is 3.42. The number of carbonyl (C=O) groups excluding carboxylic acids is 1. The fourth-order valence-corrected chi connectivity index (χ4v) is 2.46. The van der Waals surface area contributed by atoms with Gasteiger partial charge in [-0.05, 0) is 40.2 Å². The minimum absolute atomic E-state index is 0.143. The Morgan fingerprint density at radius 3 is 2.60 bits per heavy atom. The molecule has 2 rings (SSSR count). The Balaban J connectivity index is 2.30. The predicted octanol–water partition coefficient (Wildman–Crippen LogP) is 4.26. The molecule has 20 heavy (non-hydrogen) atoms. The summed E-state index contributed by atoms with van der Waals surface area (Å²) >= 11 is 9.03. The molecule has 1 amide bonds. The van der Waals surface area contributed by atoms with Gasteiger partial charge in [0, 0.05) is 15.6 Å². The number of rotatable bonds is 3. The lowest BCUT2D eigenvalue weighted by molar-refractivity contribution is -0.383. The van der Waals surface area contributed by atoms with Crippen LogP contribution in [-0.2, 0) is 0 Å². The van der Waals surface area contributed by atoms with Crippen LogP contribution in [0.3, 0.4) is 0 Å². The Hall–Kier alpha value is -1.92. The molecule has 0 saturated heterocycles. The Morgan fingerprint density at radius 1 is 1.25 bits per heavy atom. The first-order valence-electron chi connectivity index (χ1n) is 5.49. The van der Waals surface area contributed by atoms with Crippen molar-refractivity contribution in [3.05, 3.63) is 67.6 Å². The molecule has 102 valence electrons. The Labute approximate surface area is 127 Å². The molecule has 0 spiro atoms. The highest BCUT2D eigenvalue weighted by Crippen LogP contribution is 2.26. The van der Waals surface area contributed by atoms with E-state index in [-0.39, 0.29) is 11.4 Å². The molecule has 7 heteroatoms. The van der Waals surface area contributed by atoms with Gasteiger partial charge in [0.15, 0.2) is 0 Å².